The fourth-order valence-corrected chi connectivity index (χ4v) is 2.10. The summed E-state index contributed by atoms with van der Waals surface area (Å²) in [6.07, 6.45) is -1.03. The van der Waals surface area contributed by atoms with E-state index in [1.165, 1.54) is 11.6 Å². The Kier molecular flexibility index (Phi) is 4.28. The van der Waals surface area contributed by atoms with Crippen LogP contribution in [0.15, 0.2) is 30.3 Å². The molecule has 0 aliphatic carbocycles. The average Bonchev–Trinajstić information content (AvgIpc) is 2.74. The number of aromatic nitrogens is 2. The molecule has 0 radical (unpaired) electrons. The van der Waals surface area contributed by atoms with Crippen LogP contribution in [0.25, 0.3) is 5.69 Å². The quantitative estimate of drug-likeness (QED) is 0.873. The van der Waals surface area contributed by atoms with E-state index in [0.29, 0.717) is 11.4 Å². The Hall–Kier alpha value is -2.34. The van der Waals surface area contributed by atoms with Crippen LogP contribution in [0.4, 0.5) is 0 Å². The number of benzene rings is 1. The van der Waals surface area contributed by atoms with Crippen molar-refractivity contribution in [2.45, 2.75) is 20.0 Å². The van der Waals surface area contributed by atoms with Gasteiger partial charge in [0.1, 0.15) is 10.7 Å². The van der Waals surface area contributed by atoms with Crippen LogP contribution in [0.1, 0.15) is 23.0 Å². The zero-order valence-electron chi connectivity index (χ0n) is 11.5. The number of primary amides is 1. The third kappa shape index (κ3) is 3.05. The lowest BCUT2D eigenvalue weighted by Gasteiger charge is -2.09. The largest absolute Gasteiger partial charge is 0.449 e. The van der Waals surface area contributed by atoms with Crippen LogP contribution >= 0.6 is 11.6 Å². The Balaban J connectivity index is 2.36. The molecule has 0 spiro atoms. The van der Waals surface area contributed by atoms with Crippen molar-refractivity contribution in [3.05, 3.63) is 46.7 Å². The number of hydrogen-bond acceptors (Lipinski definition) is 4. The Morgan fingerprint density at radius 2 is 1.95 bits per heavy atom. The highest BCUT2D eigenvalue weighted by Crippen LogP contribution is 2.24. The maximum absolute atomic E-state index is 12.1. The second kappa shape index (κ2) is 5.97. The number of amides is 1. The van der Waals surface area contributed by atoms with E-state index in [1.54, 1.807) is 19.1 Å². The monoisotopic (exact) mass is 307 g/mol. The highest BCUT2D eigenvalue weighted by molar-refractivity contribution is 6.33. The van der Waals surface area contributed by atoms with E-state index in [2.05, 4.69) is 5.10 Å². The van der Waals surface area contributed by atoms with Crippen LogP contribution in [0, 0.1) is 6.92 Å². The maximum Gasteiger partial charge on any atom is 0.344 e. The topological polar surface area (TPSA) is 87.2 Å². The molecule has 1 heterocycles. The molecule has 1 atom stereocenters. The highest BCUT2D eigenvalue weighted by Gasteiger charge is 2.25. The standard InChI is InChI=1S/C14H14ClN3O3/c1-8-11(14(20)21-9(2)13(16)19)12(15)18(17-8)10-6-4-3-5-7-10/h3-7,9H,1-2H3,(H2,16,19)/t9-/m1/s1. The molecule has 7 heteroatoms. The van der Waals surface area contributed by atoms with Gasteiger partial charge >= 0.3 is 5.97 Å². The normalized spacial score (nSPS) is 12.0. The van der Waals surface area contributed by atoms with Crippen LogP contribution in [-0.4, -0.2) is 27.8 Å². The van der Waals surface area contributed by atoms with E-state index < -0.39 is 18.0 Å². The summed E-state index contributed by atoms with van der Waals surface area (Å²) in [5.41, 5.74) is 6.31. The van der Waals surface area contributed by atoms with Gasteiger partial charge in [-0.25, -0.2) is 9.48 Å². The zero-order chi connectivity index (χ0) is 15.6. The van der Waals surface area contributed by atoms with Crippen molar-refractivity contribution in [2.75, 3.05) is 0 Å². The summed E-state index contributed by atoms with van der Waals surface area (Å²) in [5, 5.41) is 4.35. The molecule has 110 valence electrons. The molecule has 1 aromatic heterocycles. The molecule has 6 nitrogen and oxygen atoms in total. The minimum atomic E-state index is -1.03. The first-order chi connectivity index (χ1) is 9.91. The Morgan fingerprint density at radius 3 is 2.52 bits per heavy atom. The van der Waals surface area contributed by atoms with Gasteiger partial charge in [-0.05, 0) is 26.0 Å². The van der Waals surface area contributed by atoms with Crippen molar-refractivity contribution in [3.8, 4) is 5.69 Å². The molecule has 1 amide bonds. The molecular weight excluding hydrogens is 294 g/mol. The Bertz CT molecular complexity index is 682. The molecular formula is C14H14ClN3O3. The lowest BCUT2D eigenvalue weighted by atomic mass is 10.2. The zero-order valence-corrected chi connectivity index (χ0v) is 12.3. The first-order valence-corrected chi connectivity index (χ1v) is 6.60. The van der Waals surface area contributed by atoms with E-state index >= 15 is 0 Å². The molecule has 0 bridgehead atoms. The number of nitrogens with zero attached hydrogens (tertiary/aromatic N) is 2. The van der Waals surface area contributed by atoms with Gasteiger partial charge < -0.3 is 10.5 Å². The van der Waals surface area contributed by atoms with E-state index in [1.807, 2.05) is 18.2 Å². The summed E-state index contributed by atoms with van der Waals surface area (Å²) in [7, 11) is 0. The van der Waals surface area contributed by atoms with Crippen LogP contribution in [0.5, 0.6) is 0 Å². The lowest BCUT2D eigenvalue weighted by Crippen LogP contribution is -2.30. The summed E-state index contributed by atoms with van der Waals surface area (Å²) in [6, 6.07) is 9.13. The fourth-order valence-electron chi connectivity index (χ4n) is 1.75. The molecule has 0 aliphatic rings. The summed E-state index contributed by atoms with van der Waals surface area (Å²) >= 11 is 6.21. The molecule has 0 aliphatic heterocycles. The fraction of sp³-hybridized carbons (Fsp3) is 0.214. The molecule has 0 unspecified atom stereocenters. The second-order valence-electron chi connectivity index (χ2n) is 4.45. The molecule has 0 saturated heterocycles. The van der Waals surface area contributed by atoms with Crippen LogP contribution in [0.2, 0.25) is 5.15 Å². The number of ether oxygens (including phenoxy) is 1. The smallest absolute Gasteiger partial charge is 0.344 e. The van der Waals surface area contributed by atoms with Crippen molar-refractivity contribution in [1.29, 1.82) is 0 Å². The summed E-state index contributed by atoms with van der Waals surface area (Å²) in [5.74, 6) is -1.46. The van der Waals surface area contributed by atoms with Gasteiger partial charge in [0.25, 0.3) is 5.91 Å². The average molecular weight is 308 g/mol. The number of para-hydroxylation sites is 1. The van der Waals surface area contributed by atoms with E-state index in [-0.39, 0.29) is 10.7 Å². The molecule has 0 fully saturated rings. The third-order valence-corrected chi connectivity index (χ3v) is 3.24. The first kappa shape index (κ1) is 15.1. The van der Waals surface area contributed by atoms with Crippen molar-refractivity contribution in [3.63, 3.8) is 0 Å². The van der Waals surface area contributed by atoms with Crippen LogP contribution in [0.3, 0.4) is 0 Å². The van der Waals surface area contributed by atoms with Gasteiger partial charge in [0.15, 0.2) is 6.10 Å². The molecule has 2 aromatic rings. The number of hydrogen-bond donors (Lipinski definition) is 1. The summed E-state index contributed by atoms with van der Waals surface area (Å²) < 4.78 is 6.39. The predicted octanol–water partition coefficient (Wildman–Crippen LogP) is 1.86. The van der Waals surface area contributed by atoms with Gasteiger partial charge in [-0.1, -0.05) is 29.8 Å². The minimum absolute atomic E-state index is 0.119. The number of aryl methyl sites for hydroxylation is 1. The number of halogens is 1. The molecule has 21 heavy (non-hydrogen) atoms. The Morgan fingerprint density at radius 1 is 1.33 bits per heavy atom. The molecule has 1 aromatic carbocycles. The van der Waals surface area contributed by atoms with Gasteiger partial charge in [0.05, 0.1) is 11.4 Å². The molecule has 2 N–H and O–H groups in total. The SMILES string of the molecule is Cc1nn(-c2ccccc2)c(Cl)c1C(=O)O[C@H](C)C(N)=O. The van der Waals surface area contributed by atoms with Gasteiger partial charge in [-0.15, -0.1) is 0 Å². The minimum Gasteiger partial charge on any atom is -0.449 e. The van der Waals surface area contributed by atoms with E-state index in [0.717, 1.165) is 0 Å². The van der Waals surface area contributed by atoms with Crippen molar-refractivity contribution >= 4 is 23.5 Å². The number of carbonyl (C=O) groups is 2. The van der Waals surface area contributed by atoms with Crippen molar-refractivity contribution in [1.82, 2.24) is 9.78 Å². The third-order valence-electron chi connectivity index (χ3n) is 2.89. The van der Waals surface area contributed by atoms with Gasteiger partial charge in [0.2, 0.25) is 0 Å². The lowest BCUT2D eigenvalue weighted by molar-refractivity contribution is -0.125. The van der Waals surface area contributed by atoms with Gasteiger partial charge in [-0.3, -0.25) is 4.79 Å². The maximum atomic E-state index is 12.1. The van der Waals surface area contributed by atoms with Gasteiger partial charge in [0, 0.05) is 0 Å². The molecule has 0 saturated carbocycles. The molecule has 2 rings (SSSR count). The first-order valence-electron chi connectivity index (χ1n) is 6.22. The number of carbonyl (C=O) groups excluding carboxylic acids is 2. The van der Waals surface area contributed by atoms with Crippen molar-refractivity contribution in [2.24, 2.45) is 5.73 Å². The number of esters is 1. The predicted molar refractivity (Wildman–Crippen MR) is 77.4 cm³/mol. The number of nitrogens with two attached hydrogens (primary N) is 1. The van der Waals surface area contributed by atoms with E-state index in [4.69, 9.17) is 22.1 Å². The summed E-state index contributed by atoms with van der Waals surface area (Å²) in [6.45, 7) is 3.03. The van der Waals surface area contributed by atoms with Gasteiger partial charge in [-0.2, -0.15) is 5.10 Å². The van der Waals surface area contributed by atoms with Crippen molar-refractivity contribution < 1.29 is 14.3 Å². The second-order valence-corrected chi connectivity index (χ2v) is 4.81. The van der Waals surface area contributed by atoms with E-state index in [9.17, 15) is 9.59 Å². The number of rotatable bonds is 4. The van der Waals surface area contributed by atoms with Crippen LogP contribution < -0.4 is 5.73 Å². The van der Waals surface area contributed by atoms with Crippen LogP contribution in [-0.2, 0) is 9.53 Å². The summed E-state index contributed by atoms with van der Waals surface area (Å²) in [4.78, 5) is 23.0. The Labute approximate surface area is 126 Å². The highest BCUT2D eigenvalue weighted by atomic mass is 35.5.